The normalized spacial score (nSPS) is 25.0. The zero-order chi connectivity index (χ0) is 14.7. The van der Waals surface area contributed by atoms with E-state index in [1.807, 2.05) is 12.1 Å². The van der Waals surface area contributed by atoms with E-state index in [1.165, 1.54) is 18.5 Å². The molecule has 3 rings (SSSR count). The van der Waals surface area contributed by atoms with Crippen LogP contribution < -0.4 is 15.0 Å². The first-order chi connectivity index (χ1) is 10.2. The predicted molar refractivity (Wildman–Crippen MR) is 85.2 cm³/mol. The molecule has 1 atom stereocenters. The summed E-state index contributed by atoms with van der Waals surface area (Å²) in [6, 6.07) is 9.04. The zero-order valence-electron chi connectivity index (χ0n) is 13.1. The predicted octanol–water partition coefficient (Wildman–Crippen LogP) is 2.29. The molecule has 1 N–H and O–H groups in total. The van der Waals surface area contributed by atoms with Gasteiger partial charge in [0.25, 0.3) is 0 Å². The van der Waals surface area contributed by atoms with Gasteiger partial charge in [0.15, 0.2) is 0 Å². The van der Waals surface area contributed by atoms with Crippen molar-refractivity contribution in [2.45, 2.75) is 25.3 Å². The number of hydrogen-bond acceptors (Lipinski definition) is 4. The van der Waals surface area contributed by atoms with E-state index in [0.29, 0.717) is 0 Å². The van der Waals surface area contributed by atoms with Crippen molar-refractivity contribution in [3.63, 3.8) is 0 Å². The number of nitrogens with zero attached hydrogens (tertiary/aromatic N) is 1. The van der Waals surface area contributed by atoms with Gasteiger partial charge in [0.2, 0.25) is 0 Å². The lowest BCUT2D eigenvalue weighted by atomic mass is 9.86. The molecule has 4 nitrogen and oxygen atoms in total. The molecule has 0 spiro atoms. The van der Waals surface area contributed by atoms with E-state index in [1.54, 1.807) is 7.11 Å². The number of methoxy groups -OCH3 is 1. The van der Waals surface area contributed by atoms with Crippen LogP contribution >= 0.6 is 0 Å². The van der Waals surface area contributed by atoms with Crippen LogP contribution in [-0.4, -0.2) is 46.5 Å². The molecule has 1 unspecified atom stereocenters. The molecule has 1 saturated carbocycles. The summed E-state index contributed by atoms with van der Waals surface area (Å²) in [6.45, 7) is 3.85. The highest BCUT2D eigenvalue weighted by Crippen LogP contribution is 2.32. The van der Waals surface area contributed by atoms with E-state index in [0.717, 1.165) is 44.5 Å². The van der Waals surface area contributed by atoms with Gasteiger partial charge in [-0.25, -0.2) is 0 Å². The van der Waals surface area contributed by atoms with Crippen LogP contribution in [0, 0.1) is 5.41 Å². The van der Waals surface area contributed by atoms with Gasteiger partial charge < -0.3 is 19.7 Å². The number of hydrogen-bond donors (Lipinski definition) is 1. The molecule has 4 heteroatoms. The van der Waals surface area contributed by atoms with Gasteiger partial charge in [0.1, 0.15) is 5.75 Å². The molecule has 2 aliphatic rings. The summed E-state index contributed by atoms with van der Waals surface area (Å²) in [5, 5.41) is 3.69. The first-order valence-electron chi connectivity index (χ1n) is 7.87. The summed E-state index contributed by atoms with van der Waals surface area (Å²) >= 11 is 0. The molecular formula is C17H26N2O2. The lowest BCUT2D eigenvalue weighted by Crippen LogP contribution is -2.44. The quantitative estimate of drug-likeness (QED) is 0.835. The van der Waals surface area contributed by atoms with Crippen molar-refractivity contribution in [2.75, 3.05) is 45.4 Å². The summed E-state index contributed by atoms with van der Waals surface area (Å²) in [4.78, 5) is 2.34. The monoisotopic (exact) mass is 290 g/mol. The Morgan fingerprint density at radius 2 is 2.10 bits per heavy atom. The van der Waals surface area contributed by atoms with Gasteiger partial charge >= 0.3 is 0 Å². The summed E-state index contributed by atoms with van der Waals surface area (Å²) in [7, 11) is 3.87. The van der Waals surface area contributed by atoms with Gasteiger partial charge in [0.05, 0.1) is 13.7 Å². The molecule has 1 aliphatic heterocycles. The largest absolute Gasteiger partial charge is 0.497 e. The average Bonchev–Trinajstić information content (AvgIpc) is 3.25. The third-order valence-corrected chi connectivity index (χ3v) is 4.61. The Morgan fingerprint density at radius 3 is 2.67 bits per heavy atom. The summed E-state index contributed by atoms with van der Waals surface area (Å²) < 4.78 is 10.9. The first-order valence-corrected chi connectivity index (χ1v) is 7.87. The van der Waals surface area contributed by atoms with E-state index < -0.39 is 0 Å². The second kappa shape index (κ2) is 6.24. The molecule has 0 amide bonds. The Bertz CT molecular complexity index is 450. The van der Waals surface area contributed by atoms with Gasteiger partial charge in [-0.3, -0.25) is 0 Å². The molecule has 0 bridgehead atoms. The molecule has 1 aliphatic carbocycles. The fraction of sp³-hybridized carbons (Fsp3) is 0.647. The van der Waals surface area contributed by atoms with E-state index in [-0.39, 0.29) is 5.41 Å². The smallest absolute Gasteiger partial charge is 0.119 e. The highest BCUT2D eigenvalue weighted by Gasteiger charge is 2.37. The van der Waals surface area contributed by atoms with Crippen LogP contribution in [0.2, 0.25) is 0 Å². The van der Waals surface area contributed by atoms with Crippen molar-refractivity contribution < 1.29 is 9.47 Å². The summed E-state index contributed by atoms with van der Waals surface area (Å²) in [5.74, 6) is 0.904. The topological polar surface area (TPSA) is 33.7 Å². The maximum atomic E-state index is 5.70. The lowest BCUT2D eigenvalue weighted by Gasteiger charge is -2.34. The lowest BCUT2D eigenvalue weighted by molar-refractivity contribution is 0.152. The minimum Gasteiger partial charge on any atom is -0.497 e. The Hall–Kier alpha value is -1.26. The van der Waals surface area contributed by atoms with Crippen LogP contribution in [0.3, 0.4) is 0 Å². The average molecular weight is 290 g/mol. The number of anilines is 1. The maximum Gasteiger partial charge on any atom is 0.119 e. The summed E-state index contributed by atoms with van der Waals surface area (Å²) in [6.07, 6.45) is 3.82. The van der Waals surface area contributed by atoms with Gasteiger partial charge in [-0.2, -0.15) is 0 Å². The molecule has 1 heterocycles. The Balaban J connectivity index is 1.62. The van der Waals surface area contributed by atoms with Gasteiger partial charge in [-0.15, -0.1) is 0 Å². The summed E-state index contributed by atoms with van der Waals surface area (Å²) in [5.41, 5.74) is 1.48. The van der Waals surface area contributed by atoms with E-state index in [2.05, 4.69) is 29.4 Å². The van der Waals surface area contributed by atoms with Crippen molar-refractivity contribution in [3.8, 4) is 5.75 Å². The standard InChI is InChI=1S/C17H26N2O2/c1-19(15-5-7-16(20-2)8-6-15)12-17(9-10-21-13-17)11-18-14-3-4-14/h5-8,14,18H,3-4,9-13H2,1-2H3. The molecule has 0 radical (unpaired) electrons. The molecule has 0 aromatic heterocycles. The fourth-order valence-electron chi connectivity index (χ4n) is 3.05. The minimum absolute atomic E-state index is 0.247. The third-order valence-electron chi connectivity index (χ3n) is 4.61. The van der Waals surface area contributed by atoms with Gasteiger partial charge in [0, 0.05) is 43.9 Å². The van der Waals surface area contributed by atoms with Crippen molar-refractivity contribution >= 4 is 5.69 Å². The SMILES string of the molecule is COc1ccc(N(C)CC2(CNC3CC3)CCOC2)cc1. The van der Waals surface area contributed by atoms with Crippen LogP contribution in [-0.2, 0) is 4.74 Å². The van der Waals surface area contributed by atoms with E-state index in [9.17, 15) is 0 Å². The number of benzene rings is 1. The van der Waals surface area contributed by atoms with Gasteiger partial charge in [-0.05, 0) is 43.5 Å². The molecule has 116 valence electrons. The van der Waals surface area contributed by atoms with Crippen LogP contribution in [0.4, 0.5) is 5.69 Å². The highest BCUT2D eigenvalue weighted by atomic mass is 16.5. The van der Waals surface area contributed by atoms with Crippen molar-refractivity contribution in [1.82, 2.24) is 5.32 Å². The molecular weight excluding hydrogens is 264 g/mol. The second-order valence-electron chi connectivity index (χ2n) is 6.51. The molecule has 1 aromatic carbocycles. The highest BCUT2D eigenvalue weighted by molar-refractivity contribution is 5.48. The second-order valence-corrected chi connectivity index (χ2v) is 6.51. The molecule has 1 aromatic rings. The van der Waals surface area contributed by atoms with Crippen LogP contribution in [0.5, 0.6) is 5.75 Å². The number of ether oxygens (including phenoxy) is 2. The van der Waals surface area contributed by atoms with E-state index >= 15 is 0 Å². The van der Waals surface area contributed by atoms with Crippen LogP contribution in [0.25, 0.3) is 0 Å². The Labute approximate surface area is 127 Å². The van der Waals surface area contributed by atoms with E-state index in [4.69, 9.17) is 9.47 Å². The van der Waals surface area contributed by atoms with Gasteiger partial charge in [-0.1, -0.05) is 0 Å². The molecule has 2 fully saturated rings. The first kappa shape index (κ1) is 14.7. The van der Waals surface area contributed by atoms with Crippen LogP contribution in [0.1, 0.15) is 19.3 Å². The zero-order valence-corrected chi connectivity index (χ0v) is 13.1. The fourth-order valence-corrected chi connectivity index (χ4v) is 3.05. The van der Waals surface area contributed by atoms with Crippen LogP contribution in [0.15, 0.2) is 24.3 Å². The Kier molecular flexibility index (Phi) is 4.36. The molecule has 21 heavy (non-hydrogen) atoms. The third kappa shape index (κ3) is 3.69. The Morgan fingerprint density at radius 1 is 1.33 bits per heavy atom. The van der Waals surface area contributed by atoms with Crippen molar-refractivity contribution in [2.24, 2.45) is 5.41 Å². The maximum absolute atomic E-state index is 5.70. The molecule has 1 saturated heterocycles. The van der Waals surface area contributed by atoms with Crippen molar-refractivity contribution in [1.29, 1.82) is 0 Å². The van der Waals surface area contributed by atoms with Crippen molar-refractivity contribution in [3.05, 3.63) is 24.3 Å². The number of rotatable bonds is 7. The minimum atomic E-state index is 0.247. The number of nitrogens with one attached hydrogen (secondary N) is 1.